The van der Waals surface area contributed by atoms with Crippen LogP contribution in [0.1, 0.15) is 40.4 Å². The Labute approximate surface area is 192 Å². The van der Waals surface area contributed by atoms with Gasteiger partial charge in [0.1, 0.15) is 4.70 Å². The van der Waals surface area contributed by atoms with Gasteiger partial charge in [0, 0.05) is 30.2 Å². The van der Waals surface area contributed by atoms with Gasteiger partial charge in [-0.3, -0.25) is 14.6 Å². The molecule has 1 aliphatic rings. The topological polar surface area (TPSA) is 99.7 Å². The van der Waals surface area contributed by atoms with Gasteiger partial charge in [0.25, 0.3) is 11.5 Å². The van der Waals surface area contributed by atoms with Crippen molar-refractivity contribution in [3.63, 3.8) is 0 Å². The zero-order valence-corrected chi connectivity index (χ0v) is 18.9. The number of hydrogen-bond acceptors (Lipinski definition) is 5. The van der Waals surface area contributed by atoms with Crippen molar-refractivity contribution in [1.29, 1.82) is 0 Å². The number of benzene rings is 1. The molecular weight excluding hydrogens is 436 g/mol. The minimum Gasteiger partial charge on any atom is -0.361 e. The van der Waals surface area contributed by atoms with Crippen molar-refractivity contribution in [3.05, 3.63) is 75.3 Å². The number of aromatic amines is 2. The van der Waals surface area contributed by atoms with Crippen molar-refractivity contribution < 1.29 is 4.79 Å². The van der Waals surface area contributed by atoms with Crippen LogP contribution in [-0.2, 0) is 0 Å². The van der Waals surface area contributed by atoms with Crippen molar-refractivity contribution in [2.75, 3.05) is 13.1 Å². The number of amides is 1. The SMILES string of the molecule is Cc1c(C(=O)N2CCC(c3c[nH]c4ccccc34)CC2)cnn1-c1nc2ccsc2c(=O)[nH]1. The average Bonchev–Trinajstić information content (AvgIpc) is 3.57. The smallest absolute Gasteiger partial charge is 0.270 e. The standard InChI is InChI=1S/C24H22N6O2S/c1-14-17(13-26-30(14)24-27-20-8-11-33-21(20)22(31)28-24)23(32)29-9-6-15(7-10-29)18-12-25-19-5-3-2-4-16(18)19/h2-5,8,11-13,15,25H,6-7,9-10H2,1H3,(H,27,28,31). The monoisotopic (exact) mass is 458 g/mol. The molecule has 1 amide bonds. The Morgan fingerprint density at radius 1 is 1.18 bits per heavy atom. The summed E-state index contributed by atoms with van der Waals surface area (Å²) >= 11 is 1.35. The Hall–Kier alpha value is -3.72. The number of thiophene rings is 1. The number of aromatic nitrogens is 5. The maximum Gasteiger partial charge on any atom is 0.270 e. The number of carbonyl (C=O) groups excluding carboxylic acids is 1. The van der Waals surface area contributed by atoms with E-state index in [1.165, 1.54) is 27.0 Å². The normalized spacial score (nSPS) is 15.0. The van der Waals surface area contributed by atoms with Gasteiger partial charge < -0.3 is 9.88 Å². The number of hydrogen-bond donors (Lipinski definition) is 2. The Morgan fingerprint density at radius 2 is 2.00 bits per heavy atom. The predicted octanol–water partition coefficient (Wildman–Crippen LogP) is 3.98. The van der Waals surface area contributed by atoms with E-state index >= 15 is 0 Å². The van der Waals surface area contributed by atoms with Gasteiger partial charge in [-0.05, 0) is 48.8 Å². The highest BCUT2D eigenvalue weighted by Gasteiger charge is 2.28. The Bertz CT molecular complexity index is 1550. The van der Waals surface area contributed by atoms with Crippen molar-refractivity contribution in [2.24, 2.45) is 0 Å². The second kappa shape index (κ2) is 7.70. The molecule has 0 unspecified atom stereocenters. The first kappa shape index (κ1) is 19.9. The molecule has 0 spiro atoms. The van der Waals surface area contributed by atoms with Crippen LogP contribution in [0.4, 0.5) is 0 Å². The largest absolute Gasteiger partial charge is 0.361 e. The first-order valence-electron chi connectivity index (χ1n) is 11.0. The number of nitrogens with zero attached hydrogens (tertiary/aromatic N) is 4. The van der Waals surface area contributed by atoms with Gasteiger partial charge in [0.05, 0.1) is 23.0 Å². The molecule has 0 bridgehead atoms. The second-order valence-corrected chi connectivity index (χ2v) is 9.35. The predicted molar refractivity (Wildman–Crippen MR) is 128 cm³/mol. The van der Waals surface area contributed by atoms with Crippen molar-refractivity contribution in [1.82, 2.24) is 29.6 Å². The second-order valence-electron chi connectivity index (χ2n) is 8.44. The van der Waals surface area contributed by atoms with Gasteiger partial charge in [-0.15, -0.1) is 11.3 Å². The summed E-state index contributed by atoms with van der Waals surface area (Å²) in [6.07, 6.45) is 5.52. The number of fused-ring (bicyclic) bond motifs is 2. The third-order valence-corrected chi connectivity index (χ3v) is 7.49. The van der Waals surface area contributed by atoms with E-state index in [-0.39, 0.29) is 11.5 Å². The van der Waals surface area contributed by atoms with Gasteiger partial charge in [-0.25, -0.2) is 9.67 Å². The first-order chi connectivity index (χ1) is 16.1. The molecule has 0 saturated carbocycles. The number of likely N-dealkylation sites (tertiary alicyclic amines) is 1. The molecule has 5 aromatic rings. The molecule has 1 aliphatic heterocycles. The van der Waals surface area contributed by atoms with E-state index in [2.05, 4.69) is 44.4 Å². The zero-order valence-electron chi connectivity index (χ0n) is 18.0. The fraction of sp³-hybridized carbons (Fsp3) is 0.250. The molecule has 0 atom stereocenters. The minimum atomic E-state index is -0.202. The van der Waals surface area contributed by atoms with E-state index in [0.29, 0.717) is 46.4 Å². The average molecular weight is 459 g/mol. The van der Waals surface area contributed by atoms with Crippen LogP contribution in [-0.4, -0.2) is 48.6 Å². The van der Waals surface area contributed by atoms with Crippen LogP contribution in [0.5, 0.6) is 0 Å². The van der Waals surface area contributed by atoms with Crippen LogP contribution in [0.2, 0.25) is 0 Å². The molecule has 2 N–H and O–H groups in total. The summed E-state index contributed by atoms with van der Waals surface area (Å²) in [7, 11) is 0. The molecule has 1 aromatic carbocycles. The Kier molecular flexibility index (Phi) is 4.65. The molecule has 33 heavy (non-hydrogen) atoms. The van der Waals surface area contributed by atoms with Crippen LogP contribution in [0.3, 0.4) is 0 Å². The molecule has 4 aromatic heterocycles. The van der Waals surface area contributed by atoms with Crippen LogP contribution >= 0.6 is 11.3 Å². The quantitative estimate of drug-likeness (QED) is 0.427. The summed E-state index contributed by atoms with van der Waals surface area (Å²) < 4.78 is 2.11. The molecule has 8 nitrogen and oxygen atoms in total. The van der Waals surface area contributed by atoms with Crippen molar-refractivity contribution in [3.8, 4) is 5.95 Å². The fourth-order valence-electron chi connectivity index (χ4n) is 4.79. The summed E-state index contributed by atoms with van der Waals surface area (Å²) in [4.78, 5) is 38.2. The molecule has 1 fully saturated rings. The summed E-state index contributed by atoms with van der Waals surface area (Å²) in [5.41, 5.74) is 4.11. The summed E-state index contributed by atoms with van der Waals surface area (Å²) in [6, 6.07) is 10.2. The van der Waals surface area contributed by atoms with Crippen LogP contribution < -0.4 is 5.56 Å². The van der Waals surface area contributed by atoms with Crippen LogP contribution in [0.25, 0.3) is 27.1 Å². The third kappa shape index (κ3) is 3.27. The highest BCUT2D eigenvalue weighted by atomic mass is 32.1. The number of H-pyrrole nitrogens is 2. The molecule has 9 heteroatoms. The maximum atomic E-state index is 13.3. The lowest BCUT2D eigenvalue weighted by atomic mass is 9.89. The highest BCUT2D eigenvalue weighted by molar-refractivity contribution is 7.17. The molecule has 5 heterocycles. The fourth-order valence-corrected chi connectivity index (χ4v) is 5.52. The number of nitrogens with one attached hydrogen (secondary N) is 2. The van der Waals surface area contributed by atoms with Crippen LogP contribution in [0.15, 0.2) is 52.9 Å². The van der Waals surface area contributed by atoms with Crippen LogP contribution in [0, 0.1) is 6.92 Å². The van der Waals surface area contributed by atoms with Gasteiger partial charge in [0.2, 0.25) is 5.95 Å². The van der Waals surface area contributed by atoms with Crippen molar-refractivity contribution in [2.45, 2.75) is 25.7 Å². The van der Waals surface area contributed by atoms with E-state index in [9.17, 15) is 9.59 Å². The van der Waals surface area contributed by atoms with E-state index in [1.807, 2.05) is 29.3 Å². The lowest BCUT2D eigenvalue weighted by Gasteiger charge is -2.32. The highest BCUT2D eigenvalue weighted by Crippen LogP contribution is 2.33. The lowest BCUT2D eigenvalue weighted by Crippen LogP contribution is -2.38. The third-order valence-electron chi connectivity index (χ3n) is 6.59. The van der Waals surface area contributed by atoms with Gasteiger partial charge in [0.15, 0.2) is 0 Å². The summed E-state index contributed by atoms with van der Waals surface area (Å²) in [6.45, 7) is 3.23. The lowest BCUT2D eigenvalue weighted by molar-refractivity contribution is 0.0712. The number of piperidine rings is 1. The van der Waals surface area contributed by atoms with Gasteiger partial charge in [-0.2, -0.15) is 5.10 Å². The van der Waals surface area contributed by atoms with Gasteiger partial charge >= 0.3 is 0 Å². The maximum absolute atomic E-state index is 13.3. The van der Waals surface area contributed by atoms with E-state index in [1.54, 1.807) is 6.20 Å². The Balaban J connectivity index is 1.22. The molecule has 1 saturated heterocycles. The zero-order chi connectivity index (χ0) is 22.5. The first-order valence-corrected chi connectivity index (χ1v) is 11.9. The number of carbonyl (C=O) groups is 1. The van der Waals surface area contributed by atoms with Crippen molar-refractivity contribution >= 4 is 38.4 Å². The Morgan fingerprint density at radius 3 is 2.85 bits per heavy atom. The molecular formula is C24H22N6O2S. The van der Waals surface area contributed by atoms with Gasteiger partial charge in [-0.1, -0.05) is 18.2 Å². The molecule has 166 valence electrons. The van der Waals surface area contributed by atoms with E-state index < -0.39 is 0 Å². The molecule has 0 radical (unpaired) electrons. The summed E-state index contributed by atoms with van der Waals surface area (Å²) in [5.74, 6) is 0.719. The van der Waals surface area contributed by atoms with E-state index in [0.717, 1.165) is 18.4 Å². The summed E-state index contributed by atoms with van der Waals surface area (Å²) in [5, 5.41) is 7.46. The van der Waals surface area contributed by atoms with E-state index in [4.69, 9.17) is 0 Å². The number of rotatable bonds is 3. The molecule has 6 rings (SSSR count). The molecule has 0 aliphatic carbocycles. The number of para-hydroxylation sites is 1. The minimum absolute atomic E-state index is 0.0323.